The van der Waals surface area contributed by atoms with Crippen LogP contribution in [0.5, 0.6) is 0 Å². The summed E-state index contributed by atoms with van der Waals surface area (Å²) in [6.45, 7) is 2.85. The van der Waals surface area contributed by atoms with Crippen LogP contribution < -0.4 is 16.0 Å². The number of benzene rings is 1. The molecule has 1 aliphatic heterocycles. The third-order valence-corrected chi connectivity index (χ3v) is 4.99. The van der Waals surface area contributed by atoms with Crippen molar-refractivity contribution in [2.75, 3.05) is 24.7 Å². The molecule has 110 valence electrons. The van der Waals surface area contributed by atoms with E-state index in [1.807, 2.05) is 37.0 Å². The molecule has 2 amide bonds. The van der Waals surface area contributed by atoms with Crippen molar-refractivity contribution in [3.05, 3.63) is 29.8 Å². The van der Waals surface area contributed by atoms with Crippen LogP contribution in [0.2, 0.25) is 0 Å². The monoisotopic (exact) mass is 293 g/mol. The van der Waals surface area contributed by atoms with E-state index >= 15 is 0 Å². The van der Waals surface area contributed by atoms with E-state index in [4.69, 9.17) is 0 Å². The molecule has 0 aromatic heterocycles. The van der Waals surface area contributed by atoms with Crippen molar-refractivity contribution in [2.24, 2.45) is 0 Å². The van der Waals surface area contributed by atoms with E-state index < -0.39 is 0 Å². The molecular formula is C15H23N3OS. The summed E-state index contributed by atoms with van der Waals surface area (Å²) in [5.74, 6) is 1.22. The topological polar surface area (TPSA) is 53.2 Å². The first-order chi connectivity index (χ1) is 9.69. The van der Waals surface area contributed by atoms with Gasteiger partial charge in [-0.05, 0) is 50.3 Å². The van der Waals surface area contributed by atoms with Gasteiger partial charge in [0.25, 0.3) is 0 Å². The molecule has 0 aliphatic carbocycles. The van der Waals surface area contributed by atoms with Crippen LogP contribution in [-0.4, -0.2) is 30.6 Å². The van der Waals surface area contributed by atoms with Gasteiger partial charge in [-0.1, -0.05) is 12.1 Å². The van der Waals surface area contributed by atoms with Gasteiger partial charge in [-0.2, -0.15) is 11.8 Å². The Labute approximate surface area is 125 Å². The predicted octanol–water partition coefficient (Wildman–Crippen LogP) is 2.98. The summed E-state index contributed by atoms with van der Waals surface area (Å²) in [5, 5.41) is 9.62. The van der Waals surface area contributed by atoms with Gasteiger partial charge in [0, 0.05) is 23.5 Å². The second kappa shape index (κ2) is 7.55. The quantitative estimate of drug-likeness (QED) is 0.782. The first kappa shape index (κ1) is 15.2. The van der Waals surface area contributed by atoms with E-state index in [0.717, 1.165) is 17.8 Å². The molecule has 20 heavy (non-hydrogen) atoms. The largest absolute Gasteiger partial charge is 0.337 e. The van der Waals surface area contributed by atoms with Crippen molar-refractivity contribution < 1.29 is 4.79 Å². The molecule has 2 rings (SSSR count). The number of anilines is 1. The molecule has 2 atom stereocenters. The van der Waals surface area contributed by atoms with E-state index in [0.29, 0.717) is 5.25 Å². The van der Waals surface area contributed by atoms with Gasteiger partial charge in [0.15, 0.2) is 0 Å². The first-order valence-electron chi connectivity index (χ1n) is 7.12. The van der Waals surface area contributed by atoms with Crippen molar-refractivity contribution in [2.45, 2.75) is 31.1 Å². The zero-order chi connectivity index (χ0) is 14.4. The van der Waals surface area contributed by atoms with E-state index in [2.05, 4.69) is 28.9 Å². The summed E-state index contributed by atoms with van der Waals surface area (Å²) in [7, 11) is 1.93. The minimum absolute atomic E-state index is 0.119. The predicted molar refractivity (Wildman–Crippen MR) is 86.4 cm³/mol. The fourth-order valence-corrected chi connectivity index (χ4v) is 3.44. The highest BCUT2D eigenvalue weighted by Gasteiger charge is 2.16. The summed E-state index contributed by atoms with van der Waals surface area (Å²) in [4.78, 5) is 11.9. The maximum atomic E-state index is 11.9. The maximum absolute atomic E-state index is 11.9. The summed E-state index contributed by atoms with van der Waals surface area (Å²) in [6.07, 6.45) is 2.47. The highest BCUT2D eigenvalue weighted by molar-refractivity contribution is 8.00. The fourth-order valence-electron chi connectivity index (χ4n) is 2.24. The van der Waals surface area contributed by atoms with Crippen LogP contribution >= 0.6 is 11.8 Å². The van der Waals surface area contributed by atoms with Gasteiger partial charge >= 0.3 is 6.03 Å². The SMILES string of the molecule is CNC(C)c1cccc(NC(=O)NCC2CCCS2)c1. The first-order valence-corrected chi connectivity index (χ1v) is 8.17. The Kier molecular flexibility index (Phi) is 5.73. The van der Waals surface area contributed by atoms with Gasteiger partial charge in [0.05, 0.1) is 0 Å². The molecule has 0 radical (unpaired) electrons. The second-order valence-electron chi connectivity index (χ2n) is 5.11. The molecular weight excluding hydrogens is 270 g/mol. The number of carbonyl (C=O) groups excluding carboxylic acids is 1. The molecule has 1 aromatic rings. The number of rotatable bonds is 5. The molecule has 1 saturated heterocycles. The van der Waals surface area contributed by atoms with Crippen LogP contribution in [-0.2, 0) is 0 Å². The lowest BCUT2D eigenvalue weighted by Crippen LogP contribution is -2.33. The molecule has 4 nitrogen and oxygen atoms in total. The smallest absolute Gasteiger partial charge is 0.319 e. The van der Waals surface area contributed by atoms with E-state index in [-0.39, 0.29) is 12.1 Å². The Morgan fingerprint density at radius 3 is 3.05 bits per heavy atom. The Hall–Kier alpha value is -1.20. The minimum Gasteiger partial charge on any atom is -0.337 e. The highest BCUT2D eigenvalue weighted by atomic mass is 32.2. The fraction of sp³-hybridized carbons (Fsp3) is 0.533. The van der Waals surface area contributed by atoms with Crippen LogP contribution in [0.1, 0.15) is 31.4 Å². The van der Waals surface area contributed by atoms with Crippen molar-refractivity contribution in [1.29, 1.82) is 0 Å². The summed E-state index contributed by atoms with van der Waals surface area (Å²) in [5.41, 5.74) is 2.00. The summed E-state index contributed by atoms with van der Waals surface area (Å²) in [6, 6.07) is 8.09. The van der Waals surface area contributed by atoms with Crippen molar-refractivity contribution in [3.8, 4) is 0 Å². The van der Waals surface area contributed by atoms with Crippen LogP contribution in [0, 0.1) is 0 Å². The lowest BCUT2D eigenvalue weighted by molar-refractivity contribution is 0.252. The average Bonchev–Trinajstić information content (AvgIpc) is 2.98. The molecule has 1 aromatic carbocycles. The van der Waals surface area contributed by atoms with Gasteiger partial charge < -0.3 is 16.0 Å². The van der Waals surface area contributed by atoms with Crippen molar-refractivity contribution in [3.63, 3.8) is 0 Å². The Morgan fingerprint density at radius 2 is 2.35 bits per heavy atom. The van der Waals surface area contributed by atoms with Gasteiger partial charge in [-0.15, -0.1) is 0 Å². The number of nitrogens with one attached hydrogen (secondary N) is 3. The molecule has 2 unspecified atom stereocenters. The lowest BCUT2D eigenvalue weighted by atomic mass is 10.1. The standard InChI is InChI=1S/C15H23N3OS/c1-11(16-2)12-5-3-6-13(9-12)18-15(19)17-10-14-7-4-8-20-14/h3,5-6,9,11,14,16H,4,7-8,10H2,1-2H3,(H2,17,18,19). The molecule has 0 saturated carbocycles. The third-order valence-electron chi connectivity index (χ3n) is 3.59. The number of hydrogen-bond acceptors (Lipinski definition) is 3. The van der Waals surface area contributed by atoms with Gasteiger partial charge in [-0.25, -0.2) is 4.79 Å². The molecule has 3 N–H and O–H groups in total. The van der Waals surface area contributed by atoms with E-state index in [1.165, 1.54) is 18.6 Å². The molecule has 1 fully saturated rings. The summed E-state index contributed by atoms with van der Waals surface area (Å²) < 4.78 is 0. The maximum Gasteiger partial charge on any atom is 0.319 e. The zero-order valence-corrected chi connectivity index (χ0v) is 12.9. The normalized spacial score (nSPS) is 19.6. The zero-order valence-electron chi connectivity index (χ0n) is 12.1. The number of hydrogen-bond donors (Lipinski definition) is 3. The molecule has 1 heterocycles. The minimum atomic E-state index is -0.119. The van der Waals surface area contributed by atoms with Crippen LogP contribution in [0.3, 0.4) is 0 Å². The van der Waals surface area contributed by atoms with Gasteiger partial charge in [-0.3, -0.25) is 0 Å². The van der Waals surface area contributed by atoms with Gasteiger partial charge in [0.1, 0.15) is 0 Å². The highest BCUT2D eigenvalue weighted by Crippen LogP contribution is 2.25. The number of amides is 2. The second-order valence-corrected chi connectivity index (χ2v) is 6.51. The third kappa shape index (κ3) is 4.42. The molecule has 0 spiro atoms. The van der Waals surface area contributed by atoms with Crippen LogP contribution in [0.4, 0.5) is 10.5 Å². The Bertz CT molecular complexity index is 446. The lowest BCUT2D eigenvalue weighted by Gasteiger charge is -2.14. The molecule has 1 aliphatic rings. The Balaban J connectivity index is 1.83. The van der Waals surface area contributed by atoms with Crippen LogP contribution in [0.25, 0.3) is 0 Å². The molecule has 5 heteroatoms. The molecule has 0 bridgehead atoms. The van der Waals surface area contributed by atoms with E-state index in [9.17, 15) is 4.79 Å². The van der Waals surface area contributed by atoms with Crippen molar-refractivity contribution in [1.82, 2.24) is 10.6 Å². The number of carbonyl (C=O) groups is 1. The van der Waals surface area contributed by atoms with Crippen LogP contribution in [0.15, 0.2) is 24.3 Å². The van der Waals surface area contributed by atoms with E-state index in [1.54, 1.807) is 0 Å². The number of urea groups is 1. The van der Waals surface area contributed by atoms with Gasteiger partial charge in [0.2, 0.25) is 0 Å². The average molecular weight is 293 g/mol. The van der Waals surface area contributed by atoms with Crippen molar-refractivity contribution >= 4 is 23.5 Å². The summed E-state index contributed by atoms with van der Waals surface area (Å²) >= 11 is 1.95. The Morgan fingerprint density at radius 1 is 1.50 bits per heavy atom. The number of thioether (sulfide) groups is 1.